The third-order valence-electron chi connectivity index (χ3n) is 2.65. The van der Waals surface area contributed by atoms with Crippen LogP contribution in [-0.4, -0.2) is 22.1 Å². The highest BCUT2D eigenvalue weighted by molar-refractivity contribution is 6.07. The second-order valence-electron chi connectivity index (χ2n) is 4.42. The van der Waals surface area contributed by atoms with Gasteiger partial charge in [-0.1, -0.05) is 0 Å². The standard InChI is InChI=1S/C13H11F3N4O2/c1-7-6-10(20-19-7)17-12(22)18-11(21)8-2-4-9(5-3-8)13(14,15)16/h2-6H,1H3,(H3,17,18,19,20,21,22). The van der Waals surface area contributed by atoms with Gasteiger partial charge in [-0.2, -0.15) is 18.3 Å². The van der Waals surface area contributed by atoms with Crippen molar-refractivity contribution in [2.24, 2.45) is 0 Å². The minimum atomic E-state index is -4.48. The monoisotopic (exact) mass is 312 g/mol. The number of halogens is 3. The van der Waals surface area contributed by atoms with Gasteiger partial charge in [-0.25, -0.2) is 4.79 Å². The molecule has 0 aliphatic carbocycles. The second-order valence-corrected chi connectivity index (χ2v) is 4.42. The zero-order valence-electron chi connectivity index (χ0n) is 11.3. The van der Waals surface area contributed by atoms with Gasteiger partial charge in [-0.3, -0.25) is 20.5 Å². The maximum atomic E-state index is 12.4. The number of amides is 3. The molecule has 0 unspecified atom stereocenters. The Bertz CT molecular complexity index is 692. The molecular formula is C13H11F3N4O2. The molecule has 0 aliphatic rings. The van der Waals surface area contributed by atoms with Crippen molar-refractivity contribution in [1.29, 1.82) is 0 Å². The van der Waals surface area contributed by atoms with E-state index in [-0.39, 0.29) is 11.4 Å². The molecule has 3 N–H and O–H groups in total. The zero-order chi connectivity index (χ0) is 16.3. The largest absolute Gasteiger partial charge is 0.416 e. The number of urea groups is 1. The van der Waals surface area contributed by atoms with Crippen LogP contribution in [-0.2, 0) is 6.18 Å². The third kappa shape index (κ3) is 3.84. The first-order chi connectivity index (χ1) is 10.3. The Balaban J connectivity index is 1.98. The summed E-state index contributed by atoms with van der Waals surface area (Å²) in [7, 11) is 0. The van der Waals surface area contributed by atoms with E-state index >= 15 is 0 Å². The van der Waals surface area contributed by atoms with Crippen molar-refractivity contribution < 1.29 is 22.8 Å². The van der Waals surface area contributed by atoms with Crippen LogP contribution < -0.4 is 10.6 Å². The molecule has 0 saturated heterocycles. The Morgan fingerprint density at radius 1 is 1.18 bits per heavy atom. The summed E-state index contributed by atoms with van der Waals surface area (Å²) in [6.45, 7) is 1.73. The summed E-state index contributed by atoms with van der Waals surface area (Å²) in [6, 6.07) is 4.22. The van der Waals surface area contributed by atoms with E-state index in [2.05, 4.69) is 15.5 Å². The number of alkyl halides is 3. The van der Waals surface area contributed by atoms with E-state index in [4.69, 9.17) is 0 Å². The minimum Gasteiger partial charge on any atom is -0.291 e. The number of anilines is 1. The third-order valence-corrected chi connectivity index (χ3v) is 2.65. The number of imide groups is 1. The quantitative estimate of drug-likeness (QED) is 0.797. The topological polar surface area (TPSA) is 86.9 Å². The first-order valence-corrected chi connectivity index (χ1v) is 6.07. The molecule has 2 aromatic rings. The van der Waals surface area contributed by atoms with E-state index in [1.165, 1.54) is 0 Å². The summed E-state index contributed by atoms with van der Waals surface area (Å²) in [5, 5.41) is 10.6. The van der Waals surface area contributed by atoms with Crippen LogP contribution in [0.4, 0.5) is 23.8 Å². The average molecular weight is 312 g/mol. The van der Waals surface area contributed by atoms with E-state index in [0.29, 0.717) is 5.69 Å². The fourth-order valence-electron chi connectivity index (χ4n) is 1.62. The van der Waals surface area contributed by atoms with Crippen LogP contribution in [0.3, 0.4) is 0 Å². The summed E-state index contributed by atoms with van der Waals surface area (Å²) in [4.78, 5) is 23.3. The number of carbonyl (C=O) groups is 2. The van der Waals surface area contributed by atoms with Crippen LogP contribution in [0.2, 0.25) is 0 Å². The van der Waals surface area contributed by atoms with E-state index in [1.54, 1.807) is 13.0 Å². The summed E-state index contributed by atoms with van der Waals surface area (Å²) >= 11 is 0. The van der Waals surface area contributed by atoms with Crippen LogP contribution in [0, 0.1) is 6.92 Å². The number of H-pyrrole nitrogens is 1. The molecule has 0 aliphatic heterocycles. The van der Waals surface area contributed by atoms with Crippen molar-refractivity contribution in [3.8, 4) is 0 Å². The molecule has 2 rings (SSSR count). The summed E-state index contributed by atoms with van der Waals surface area (Å²) in [5.74, 6) is -0.603. The number of hydrogen-bond donors (Lipinski definition) is 3. The molecule has 116 valence electrons. The average Bonchev–Trinajstić information content (AvgIpc) is 2.83. The molecule has 1 aromatic heterocycles. The van der Waals surface area contributed by atoms with Gasteiger partial charge in [-0.15, -0.1) is 0 Å². The first kappa shape index (κ1) is 15.5. The number of carbonyl (C=O) groups excluding carboxylic acids is 2. The maximum Gasteiger partial charge on any atom is 0.416 e. The Hall–Kier alpha value is -2.84. The maximum absolute atomic E-state index is 12.4. The Labute approximate surface area is 122 Å². The van der Waals surface area contributed by atoms with Crippen LogP contribution in [0.25, 0.3) is 0 Å². The van der Waals surface area contributed by atoms with Gasteiger partial charge in [0.05, 0.1) is 5.56 Å². The van der Waals surface area contributed by atoms with Crippen molar-refractivity contribution in [1.82, 2.24) is 15.5 Å². The summed E-state index contributed by atoms with van der Waals surface area (Å²) in [5.41, 5.74) is -0.230. The fraction of sp³-hybridized carbons (Fsp3) is 0.154. The molecule has 22 heavy (non-hydrogen) atoms. The van der Waals surface area contributed by atoms with E-state index < -0.39 is 23.7 Å². The number of aromatic amines is 1. The van der Waals surface area contributed by atoms with Gasteiger partial charge in [0.15, 0.2) is 5.82 Å². The van der Waals surface area contributed by atoms with E-state index in [1.807, 2.05) is 5.32 Å². The molecule has 6 nitrogen and oxygen atoms in total. The number of nitrogens with zero attached hydrogens (tertiary/aromatic N) is 1. The number of rotatable bonds is 2. The molecule has 0 spiro atoms. The van der Waals surface area contributed by atoms with Crippen molar-refractivity contribution in [3.05, 3.63) is 47.2 Å². The van der Waals surface area contributed by atoms with Gasteiger partial charge in [0.2, 0.25) is 0 Å². The fourth-order valence-corrected chi connectivity index (χ4v) is 1.62. The van der Waals surface area contributed by atoms with Crippen molar-refractivity contribution in [2.45, 2.75) is 13.1 Å². The lowest BCUT2D eigenvalue weighted by Crippen LogP contribution is -2.34. The van der Waals surface area contributed by atoms with Gasteiger partial charge < -0.3 is 0 Å². The minimum absolute atomic E-state index is 0.0682. The summed E-state index contributed by atoms with van der Waals surface area (Å²) in [6.07, 6.45) is -4.48. The molecule has 1 aromatic carbocycles. The molecular weight excluding hydrogens is 301 g/mol. The number of hydrogen-bond acceptors (Lipinski definition) is 3. The number of benzene rings is 1. The lowest BCUT2D eigenvalue weighted by molar-refractivity contribution is -0.137. The van der Waals surface area contributed by atoms with Gasteiger partial charge in [0, 0.05) is 17.3 Å². The highest BCUT2D eigenvalue weighted by Crippen LogP contribution is 2.29. The SMILES string of the molecule is Cc1cc(NC(=O)NC(=O)c2ccc(C(F)(F)F)cc2)n[nH]1. The molecule has 0 radical (unpaired) electrons. The normalized spacial score (nSPS) is 11.1. The van der Waals surface area contributed by atoms with Crippen LogP contribution in [0.1, 0.15) is 21.6 Å². The molecule has 0 fully saturated rings. The lowest BCUT2D eigenvalue weighted by Gasteiger charge is -2.08. The van der Waals surface area contributed by atoms with Crippen molar-refractivity contribution >= 4 is 17.8 Å². The summed E-state index contributed by atoms with van der Waals surface area (Å²) < 4.78 is 37.2. The molecule has 3 amide bonds. The van der Waals surface area contributed by atoms with Crippen molar-refractivity contribution in [3.63, 3.8) is 0 Å². The molecule has 0 saturated carbocycles. The first-order valence-electron chi connectivity index (χ1n) is 6.07. The van der Waals surface area contributed by atoms with Crippen LogP contribution in [0.5, 0.6) is 0 Å². The highest BCUT2D eigenvalue weighted by atomic mass is 19.4. The van der Waals surface area contributed by atoms with E-state index in [9.17, 15) is 22.8 Å². The Morgan fingerprint density at radius 2 is 1.82 bits per heavy atom. The zero-order valence-corrected chi connectivity index (χ0v) is 11.3. The smallest absolute Gasteiger partial charge is 0.291 e. The molecule has 9 heteroatoms. The Kier molecular flexibility index (Phi) is 4.15. The predicted molar refractivity (Wildman–Crippen MR) is 71.3 cm³/mol. The highest BCUT2D eigenvalue weighted by Gasteiger charge is 2.30. The Morgan fingerprint density at radius 3 is 2.32 bits per heavy atom. The van der Waals surface area contributed by atoms with Gasteiger partial charge in [0.25, 0.3) is 5.91 Å². The number of nitrogens with one attached hydrogen (secondary N) is 3. The van der Waals surface area contributed by atoms with Crippen LogP contribution in [0.15, 0.2) is 30.3 Å². The second kappa shape index (κ2) is 5.88. The number of aromatic nitrogens is 2. The van der Waals surface area contributed by atoms with Gasteiger partial charge in [0.1, 0.15) is 0 Å². The molecule has 0 bridgehead atoms. The number of aryl methyl sites for hydroxylation is 1. The van der Waals surface area contributed by atoms with Crippen LogP contribution >= 0.6 is 0 Å². The van der Waals surface area contributed by atoms with Crippen molar-refractivity contribution in [2.75, 3.05) is 5.32 Å². The van der Waals surface area contributed by atoms with E-state index in [0.717, 1.165) is 24.3 Å². The van der Waals surface area contributed by atoms with Gasteiger partial charge >= 0.3 is 12.2 Å². The molecule has 0 atom stereocenters. The lowest BCUT2D eigenvalue weighted by atomic mass is 10.1. The predicted octanol–water partition coefficient (Wildman–Crippen LogP) is 2.70. The molecule has 1 heterocycles. The van der Waals surface area contributed by atoms with Gasteiger partial charge in [-0.05, 0) is 31.2 Å².